The van der Waals surface area contributed by atoms with Crippen LogP contribution in [0.3, 0.4) is 0 Å². The number of halogens is 3. The van der Waals surface area contributed by atoms with Crippen LogP contribution < -0.4 is 76.4 Å². The van der Waals surface area contributed by atoms with Gasteiger partial charge in [-0.3, -0.25) is 24.3 Å². The zero-order chi connectivity index (χ0) is 81.5. The molecule has 36 heteroatoms. The smallest absolute Gasteiger partial charge is 0.549 e. The fourth-order valence-corrected chi connectivity index (χ4v) is 14.3. The van der Waals surface area contributed by atoms with Gasteiger partial charge in [0, 0.05) is 125 Å². The maximum Gasteiger partial charge on any atom is 1.00 e. The van der Waals surface area contributed by atoms with E-state index in [4.69, 9.17) is 15.2 Å². The van der Waals surface area contributed by atoms with Crippen LogP contribution in [0.2, 0.25) is 0 Å². The van der Waals surface area contributed by atoms with E-state index in [0.29, 0.717) is 152 Å². The number of carboxylic acids is 1. The van der Waals surface area contributed by atoms with Gasteiger partial charge in [0.1, 0.15) is 28.7 Å². The SMILES string of the molecule is CC(C)(C)OC(=O)NC1(CO)CCC(N)CC1.CC(C)(C)OC(=O)NC1(CO)CCC(NC(=O)CN2CCN(c3nncc(-c4ccc(F)cc4)n3)CC2)CC1.CN(C)C1(CO)CCC(NC(=O)CN2CCN(c3nncc(-c4ccc(F)cc4)n3)CC2)CC1.O=C([O-])CN1CCN(c2nncc(-c3ccc(F)cc3)n2)CC1.[Na+]. The summed E-state index contributed by atoms with van der Waals surface area (Å²) >= 11 is 0. The Bertz CT molecular complexity index is 4020. The van der Waals surface area contributed by atoms with Crippen LogP contribution in [0.15, 0.2) is 91.4 Å². The summed E-state index contributed by atoms with van der Waals surface area (Å²) in [5, 5.41) is 76.3. The fraction of sp³-hybridized carbons (Fsp3) is 0.590. The van der Waals surface area contributed by atoms with Crippen LogP contribution in [0.25, 0.3) is 33.8 Å². The van der Waals surface area contributed by atoms with E-state index in [2.05, 4.69) is 86.4 Å². The van der Waals surface area contributed by atoms with Gasteiger partial charge in [0.05, 0.1) is 85.6 Å². The number of likely N-dealkylation sites (N-methyl/N-ethyl adjacent to an activating group) is 1. The Morgan fingerprint density at radius 1 is 0.482 bits per heavy atom. The molecule has 616 valence electrons. The second-order valence-electron chi connectivity index (χ2n) is 32.0. The molecule has 3 aromatic heterocycles. The molecule has 3 aliphatic carbocycles. The zero-order valence-corrected chi connectivity index (χ0v) is 69.1. The number of nitrogens with one attached hydrogen (secondary N) is 4. The number of nitrogens with two attached hydrogens (primary N) is 1. The van der Waals surface area contributed by atoms with E-state index < -0.39 is 40.4 Å². The normalized spacial score (nSPS) is 22.3. The van der Waals surface area contributed by atoms with E-state index in [0.717, 1.165) is 68.3 Å². The first-order valence-corrected chi connectivity index (χ1v) is 38.7. The molecule has 0 bridgehead atoms. The van der Waals surface area contributed by atoms with Gasteiger partial charge in [0.15, 0.2) is 0 Å². The Morgan fingerprint density at radius 2 is 0.781 bits per heavy atom. The van der Waals surface area contributed by atoms with E-state index in [-0.39, 0.29) is 109 Å². The number of alkyl carbamates (subject to hydrolysis) is 2. The number of carboxylic acid groups (broad SMARTS) is 1. The van der Waals surface area contributed by atoms with Gasteiger partial charge in [-0.05, 0) is 205 Å². The number of anilines is 3. The Kier molecular flexibility index (Phi) is 33.9. The van der Waals surface area contributed by atoms with Crippen molar-refractivity contribution in [2.45, 2.75) is 165 Å². The third-order valence-electron chi connectivity index (χ3n) is 21.1. The van der Waals surface area contributed by atoms with Gasteiger partial charge in [0.25, 0.3) is 0 Å². The van der Waals surface area contributed by atoms with Crippen molar-refractivity contribution < 1.29 is 96.6 Å². The number of aliphatic carboxylic acids is 1. The zero-order valence-electron chi connectivity index (χ0n) is 67.1. The van der Waals surface area contributed by atoms with Crippen molar-refractivity contribution >= 4 is 47.8 Å². The van der Waals surface area contributed by atoms with Gasteiger partial charge in [0.2, 0.25) is 29.7 Å². The van der Waals surface area contributed by atoms with Gasteiger partial charge in [-0.1, -0.05) is 0 Å². The van der Waals surface area contributed by atoms with E-state index in [9.17, 15) is 57.6 Å². The van der Waals surface area contributed by atoms with Crippen molar-refractivity contribution in [3.05, 3.63) is 109 Å². The number of nitrogens with zero attached hydrogens (tertiary/aromatic N) is 16. The van der Waals surface area contributed by atoms with Gasteiger partial charge in [-0.15, -0.1) is 15.3 Å². The molecule has 9 N–H and O–H groups in total. The number of amides is 4. The van der Waals surface area contributed by atoms with Crippen LogP contribution in [0, 0.1) is 17.5 Å². The minimum atomic E-state index is -1.07. The average molecular weight is 1600 g/mol. The molecular formula is C78H111F3N21NaO11. The van der Waals surface area contributed by atoms with Crippen molar-refractivity contribution in [1.29, 1.82) is 0 Å². The monoisotopic (exact) mass is 1600 g/mol. The molecule has 3 saturated heterocycles. The third-order valence-corrected chi connectivity index (χ3v) is 21.1. The second kappa shape index (κ2) is 42.4. The first kappa shape index (κ1) is 91.0. The standard InChI is InChI=1S/C27H38FN7O4.C24H34FN7O2.C15H16FN5O2.C12H24N2O3.Na/c1-26(2,3)39-25(38)32-27(18-36)10-8-21(9-11-27)30-23(37)17-34-12-14-35(15-13-34)24-31-22(16-29-33-24)19-4-6-20(28)7-5-19;1-30(2)24(17-33)9-7-20(8-10-24)27-22(34)16-31-11-13-32(14-12-31)23-28-21(15-26-29-23)18-3-5-19(25)6-4-18;16-12-3-1-11(2-4-12)13-9-17-19-15(18-13)21-7-5-20(6-8-21)10-14(22)23;1-11(2,3)17-10(16)14-12(8-15)6-4-9(13)5-7-12;/h4-7,16,21,36H,8-15,17-18H2,1-3H3,(H,30,37)(H,32,38);3-6,15,20,33H,7-14,16-17H2,1-2H3,(H,27,34);1-4,9H,5-8,10H2,(H,22,23);9,15H,4-8,13H2,1-3H3,(H,14,16);/q;;;;+1/p-1. The number of ether oxygens (including phenoxy) is 2. The molecular weight excluding hydrogens is 1490 g/mol. The van der Waals surface area contributed by atoms with Crippen LogP contribution in [-0.2, 0) is 23.9 Å². The Hall–Kier alpha value is -8.49. The summed E-state index contributed by atoms with van der Waals surface area (Å²) in [4.78, 5) is 87.8. The first-order valence-electron chi connectivity index (χ1n) is 38.7. The molecule has 0 spiro atoms. The number of carbonyl (C=O) groups excluding carboxylic acids is 5. The minimum absolute atomic E-state index is 0. The molecule has 4 amide bonds. The summed E-state index contributed by atoms with van der Waals surface area (Å²) in [5.41, 5.74) is 7.44. The van der Waals surface area contributed by atoms with Crippen molar-refractivity contribution in [2.75, 3.05) is 147 Å². The first-order chi connectivity index (χ1) is 53.8. The summed E-state index contributed by atoms with van der Waals surface area (Å²) in [6, 6.07) is 18.6. The van der Waals surface area contributed by atoms with Crippen molar-refractivity contribution in [1.82, 2.24) is 86.4 Å². The van der Waals surface area contributed by atoms with E-state index in [1.54, 1.807) is 69.6 Å². The molecule has 0 radical (unpaired) electrons. The number of hydrogen-bond donors (Lipinski definition) is 8. The van der Waals surface area contributed by atoms with Crippen molar-refractivity contribution in [2.24, 2.45) is 5.73 Å². The predicted molar refractivity (Wildman–Crippen MR) is 416 cm³/mol. The number of piperazine rings is 3. The average Bonchev–Trinajstić information content (AvgIpc) is 0.865. The third kappa shape index (κ3) is 28.2. The molecule has 0 unspecified atom stereocenters. The Labute approximate surface area is 686 Å². The summed E-state index contributed by atoms with van der Waals surface area (Å²) in [6.45, 7) is 19.3. The Balaban J connectivity index is 0.000000198. The van der Waals surface area contributed by atoms with Crippen LogP contribution in [0.1, 0.15) is 119 Å². The fourth-order valence-electron chi connectivity index (χ4n) is 14.3. The minimum Gasteiger partial charge on any atom is -0.549 e. The maximum absolute atomic E-state index is 13.2. The molecule has 6 aliphatic rings. The second-order valence-corrected chi connectivity index (χ2v) is 32.0. The summed E-state index contributed by atoms with van der Waals surface area (Å²) < 4.78 is 50.0. The molecule has 3 saturated carbocycles. The molecule has 6 heterocycles. The van der Waals surface area contributed by atoms with Crippen molar-refractivity contribution in [3.63, 3.8) is 0 Å². The number of carbonyl (C=O) groups is 5. The summed E-state index contributed by atoms with van der Waals surface area (Å²) in [6.07, 6.45) is 12.6. The van der Waals surface area contributed by atoms with E-state index in [1.807, 2.05) is 49.6 Å². The number of aliphatic hydroxyl groups excluding tert-OH is 3. The van der Waals surface area contributed by atoms with Gasteiger partial charge in [-0.2, -0.15) is 15.3 Å². The molecule has 3 aromatic carbocycles. The molecule has 6 fully saturated rings. The molecule has 32 nitrogen and oxygen atoms in total. The molecule has 3 aliphatic heterocycles. The van der Waals surface area contributed by atoms with Crippen LogP contribution in [-0.4, -0.2) is 288 Å². The number of aliphatic hydroxyl groups is 3. The maximum atomic E-state index is 13.2. The number of aromatic nitrogens is 9. The topological polar surface area (TPSA) is 400 Å². The summed E-state index contributed by atoms with van der Waals surface area (Å²) in [7, 11) is 4.02. The molecule has 0 atom stereocenters. The van der Waals surface area contributed by atoms with Crippen LogP contribution in [0.5, 0.6) is 0 Å². The number of hydrogen-bond acceptors (Lipinski definition) is 28. The van der Waals surface area contributed by atoms with E-state index >= 15 is 0 Å². The van der Waals surface area contributed by atoms with Gasteiger partial charge >= 0.3 is 41.7 Å². The van der Waals surface area contributed by atoms with Gasteiger partial charge in [-0.25, -0.2) is 37.7 Å². The quantitative estimate of drug-likeness (QED) is 0.0494. The molecule has 6 aromatic rings. The number of rotatable bonds is 20. The summed E-state index contributed by atoms with van der Waals surface area (Å²) in [5.74, 6) is -0.427. The number of benzene rings is 3. The van der Waals surface area contributed by atoms with Crippen molar-refractivity contribution in [3.8, 4) is 33.8 Å². The molecule has 114 heavy (non-hydrogen) atoms. The van der Waals surface area contributed by atoms with Crippen LogP contribution in [0.4, 0.5) is 40.6 Å². The largest absolute Gasteiger partial charge is 1.00 e. The Morgan fingerprint density at radius 3 is 1.06 bits per heavy atom. The predicted octanol–water partition coefficient (Wildman–Crippen LogP) is 0.963. The van der Waals surface area contributed by atoms with E-state index in [1.165, 1.54) is 42.6 Å². The van der Waals surface area contributed by atoms with Gasteiger partial charge < -0.3 is 81.3 Å². The van der Waals surface area contributed by atoms with Crippen LogP contribution >= 0.6 is 0 Å². The molecule has 12 rings (SSSR count).